The van der Waals surface area contributed by atoms with Gasteiger partial charge in [-0.25, -0.2) is 0 Å². The summed E-state index contributed by atoms with van der Waals surface area (Å²) in [6, 6.07) is 0. The molecule has 8 heteroatoms. The van der Waals surface area contributed by atoms with Gasteiger partial charge < -0.3 is 23.7 Å². The van der Waals surface area contributed by atoms with Crippen molar-refractivity contribution in [2.45, 2.75) is 77.5 Å². The number of rotatable bonds is 12. The lowest BCUT2D eigenvalue weighted by molar-refractivity contribution is -0.207. The molecule has 0 radical (unpaired) electrons. The number of hydrogen-bond donors (Lipinski definition) is 0. The van der Waals surface area contributed by atoms with Crippen LogP contribution >= 0.6 is 11.6 Å². The van der Waals surface area contributed by atoms with Crippen LogP contribution in [0.3, 0.4) is 0 Å². The molecule has 0 aliphatic carbocycles. The quantitative estimate of drug-likeness (QED) is 0.286. The highest BCUT2D eigenvalue weighted by Crippen LogP contribution is 2.38. The van der Waals surface area contributed by atoms with Gasteiger partial charge in [-0.2, -0.15) is 0 Å². The highest BCUT2D eigenvalue weighted by atomic mass is 35.5. The Hall–Kier alpha value is -0.890. The standard InChI is InChI=1S/C18H31ClO7/c1-5-7-9-22-12-18(11-19)16(23-10-8-6-2)15(24-13(3)20)17(26-18)25-14(4)21/h15-17H,5-12H2,1-4H3/t15-,16+,17?,18-/m1/s1. The fourth-order valence-corrected chi connectivity index (χ4v) is 3.02. The summed E-state index contributed by atoms with van der Waals surface area (Å²) >= 11 is 6.22. The van der Waals surface area contributed by atoms with E-state index in [1.165, 1.54) is 13.8 Å². The van der Waals surface area contributed by atoms with E-state index in [2.05, 4.69) is 6.92 Å². The van der Waals surface area contributed by atoms with Crippen LogP contribution in [0.4, 0.5) is 0 Å². The Morgan fingerprint density at radius 1 is 1.04 bits per heavy atom. The average Bonchev–Trinajstić information content (AvgIpc) is 2.85. The number of unbranched alkanes of at least 4 members (excludes halogenated alkanes) is 2. The van der Waals surface area contributed by atoms with Gasteiger partial charge in [0.2, 0.25) is 6.29 Å². The molecule has 1 aliphatic heterocycles. The van der Waals surface area contributed by atoms with Gasteiger partial charge in [-0.3, -0.25) is 9.59 Å². The largest absolute Gasteiger partial charge is 0.453 e. The molecule has 1 fully saturated rings. The van der Waals surface area contributed by atoms with Crippen LogP contribution in [0.2, 0.25) is 0 Å². The zero-order valence-corrected chi connectivity index (χ0v) is 16.9. The molecule has 152 valence electrons. The summed E-state index contributed by atoms with van der Waals surface area (Å²) in [7, 11) is 0. The van der Waals surface area contributed by atoms with E-state index in [4.69, 9.17) is 35.3 Å². The van der Waals surface area contributed by atoms with Crippen molar-refractivity contribution in [3.05, 3.63) is 0 Å². The third-order valence-corrected chi connectivity index (χ3v) is 4.48. The number of hydrogen-bond acceptors (Lipinski definition) is 7. The molecule has 0 saturated carbocycles. The van der Waals surface area contributed by atoms with Crippen LogP contribution in [0, 0.1) is 0 Å². The van der Waals surface area contributed by atoms with Gasteiger partial charge in [-0.15, -0.1) is 11.6 Å². The second-order valence-corrected chi connectivity index (χ2v) is 6.69. The normalized spacial score (nSPS) is 28.1. The fourth-order valence-electron chi connectivity index (χ4n) is 2.73. The van der Waals surface area contributed by atoms with Crippen molar-refractivity contribution >= 4 is 23.5 Å². The van der Waals surface area contributed by atoms with Crippen LogP contribution in [0.1, 0.15) is 53.4 Å². The summed E-state index contributed by atoms with van der Waals surface area (Å²) in [6.07, 6.45) is 0.994. The Balaban J connectivity index is 3.02. The predicted octanol–water partition coefficient (Wildman–Crippen LogP) is 2.82. The molecule has 4 atom stereocenters. The second-order valence-electron chi connectivity index (χ2n) is 6.42. The van der Waals surface area contributed by atoms with Crippen LogP contribution in [0.5, 0.6) is 0 Å². The van der Waals surface area contributed by atoms with Gasteiger partial charge in [-0.1, -0.05) is 26.7 Å². The number of halogens is 1. The van der Waals surface area contributed by atoms with E-state index >= 15 is 0 Å². The molecule has 7 nitrogen and oxygen atoms in total. The molecule has 1 heterocycles. The summed E-state index contributed by atoms with van der Waals surface area (Å²) in [4.78, 5) is 23.0. The lowest BCUT2D eigenvalue weighted by atomic mass is 9.97. The summed E-state index contributed by atoms with van der Waals surface area (Å²) in [6.45, 7) is 7.81. The lowest BCUT2D eigenvalue weighted by Crippen LogP contribution is -2.51. The molecule has 1 saturated heterocycles. The van der Waals surface area contributed by atoms with Gasteiger partial charge in [0.1, 0.15) is 11.7 Å². The molecular formula is C18H31ClO7. The third kappa shape index (κ3) is 6.68. The van der Waals surface area contributed by atoms with Crippen LogP contribution in [0.15, 0.2) is 0 Å². The first-order valence-electron chi connectivity index (χ1n) is 9.17. The van der Waals surface area contributed by atoms with Crippen LogP contribution in [-0.2, 0) is 33.3 Å². The van der Waals surface area contributed by atoms with Crippen molar-refractivity contribution in [3.63, 3.8) is 0 Å². The minimum absolute atomic E-state index is 0.0471. The van der Waals surface area contributed by atoms with Gasteiger partial charge in [-0.05, 0) is 12.8 Å². The second kappa shape index (κ2) is 11.7. The molecule has 0 bridgehead atoms. The third-order valence-electron chi connectivity index (χ3n) is 4.03. The van der Waals surface area contributed by atoms with Crippen molar-refractivity contribution in [1.29, 1.82) is 0 Å². The van der Waals surface area contributed by atoms with Crippen LogP contribution < -0.4 is 0 Å². The lowest BCUT2D eigenvalue weighted by Gasteiger charge is -2.32. The monoisotopic (exact) mass is 394 g/mol. The zero-order chi connectivity index (χ0) is 19.6. The number of carbonyl (C=O) groups excluding carboxylic acids is 2. The smallest absolute Gasteiger partial charge is 0.305 e. The first-order valence-corrected chi connectivity index (χ1v) is 9.71. The first kappa shape index (κ1) is 23.1. The van der Waals surface area contributed by atoms with E-state index in [-0.39, 0.29) is 12.5 Å². The molecule has 0 spiro atoms. The number of carbonyl (C=O) groups is 2. The summed E-state index contributed by atoms with van der Waals surface area (Å²) in [5.41, 5.74) is -1.07. The molecule has 1 aliphatic rings. The summed E-state index contributed by atoms with van der Waals surface area (Å²) in [5.74, 6) is -1.01. The highest BCUT2D eigenvalue weighted by Gasteiger charge is 2.59. The van der Waals surface area contributed by atoms with E-state index in [9.17, 15) is 9.59 Å². The van der Waals surface area contributed by atoms with Gasteiger partial charge >= 0.3 is 11.9 Å². The maximum absolute atomic E-state index is 11.6. The van der Waals surface area contributed by atoms with Crippen LogP contribution in [-0.4, -0.2) is 61.7 Å². The minimum atomic E-state index is -1.09. The van der Waals surface area contributed by atoms with Gasteiger partial charge in [0.15, 0.2) is 6.10 Å². The van der Waals surface area contributed by atoms with Crippen molar-refractivity contribution < 1.29 is 33.3 Å². The minimum Gasteiger partial charge on any atom is -0.453 e. The van der Waals surface area contributed by atoms with Crippen LogP contribution in [0.25, 0.3) is 0 Å². The van der Waals surface area contributed by atoms with Gasteiger partial charge in [0, 0.05) is 27.1 Å². The molecular weight excluding hydrogens is 364 g/mol. The van der Waals surface area contributed by atoms with E-state index in [0.29, 0.717) is 13.2 Å². The van der Waals surface area contributed by atoms with E-state index in [1.807, 2.05) is 6.92 Å². The first-order chi connectivity index (χ1) is 12.4. The molecule has 0 N–H and O–H groups in total. The Morgan fingerprint density at radius 2 is 1.65 bits per heavy atom. The number of esters is 2. The average molecular weight is 395 g/mol. The molecule has 0 amide bonds. The van der Waals surface area contributed by atoms with E-state index < -0.39 is 36.0 Å². The Kier molecular flexibility index (Phi) is 10.5. The fraction of sp³-hybridized carbons (Fsp3) is 0.889. The molecule has 1 unspecified atom stereocenters. The highest BCUT2D eigenvalue weighted by molar-refractivity contribution is 6.18. The Bertz CT molecular complexity index is 445. The van der Waals surface area contributed by atoms with Gasteiger partial charge in [0.25, 0.3) is 0 Å². The molecule has 0 aromatic carbocycles. The predicted molar refractivity (Wildman–Crippen MR) is 96.0 cm³/mol. The van der Waals surface area contributed by atoms with Crippen molar-refractivity contribution in [1.82, 2.24) is 0 Å². The van der Waals surface area contributed by atoms with Crippen molar-refractivity contribution in [2.75, 3.05) is 25.7 Å². The molecule has 0 aromatic rings. The SMILES string of the molecule is CCCCOC[C@@]1(CCl)OC(OC(C)=O)[C@H](OC(C)=O)[C@@H]1OCCCC. The molecule has 0 aromatic heterocycles. The number of ether oxygens (including phenoxy) is 5. The zero-order valence-electron chi connectivity index (χ0n) is 16.1. The maximum Gasteiger partial charge on any atom is 0.305 e. The van der Waals surface area contributed by atoms with Crippen molar-refractivity contribution in [3.8, 4) is 0 Å². The number of alkyl halides is 1. The van der Waals surface area contributed by atoms with Crippen molar-refractivity contribution in [2.24, 2.45) is 0 Å². The molecule has 1 rings (SSSR count). The summed E-state index contributed by atoms with van der Waals surface area (Å²) < 4.78 is 28.2. The molecule has 26 heavy (non-hydrogen) atoms. The Morgan fingerprint density at radius 3 is 2.19 bits per heavy atom. The van der Waals surface area contributed by atoms with E-state index in [1.54, 1.807) is 0 Å². The van der Waals surface area contributed by atoms with E-state index in [0.717, 1.165) is 25.7 Å². The summed E-state index contributed by atoms with van der Waals surface area (Å²) in [5, 5.41) is 0. The topological polar surface area (TPSA) is 80.3 Å². The Labute approximate surface area is 160 Å². The maximum atomic E-state index is 11.6. The van der Waals surface area contributed by atoms with Gasteiger partial charge in [0.05, 0.1) is 12.5 Å².